The Hall–Kier alpha value is -2.05. The Bertz CT molecular complexity index is 1690. The summed E-state index contributed by atoms with van der Waals surface area (Å²) in [6.07, 6.45) is 14.1. The molecule has 0 radical (unpaired) electrons. The van der Waals surface area contributed by atoms with Crippen molar-refractivity contribution in [2.75, 3.05) is 0 Å². The highest BCUT2D eigenvalue weighted by Gasteiger charge is 2.68. The van der Waals surface area contributed by atoms with Crippen LogP contribution < -0.4 is 0 Å². The summed E-state index contributed by atoms with van der Waals surface area (Å²) in [5, 5.41) is 47.5. The SMILES string of the molecule is CC(C)(Cc1ccccc1)C1=C2CCCC[C@H]2C2=C3[C@H](CCC2)C[C@@H]([C@H]2CC[C@@]4(O)C5=CC(=O)[C@@H]6C[C@@H](O)[C@@H](O)C[C@]6(C)[C@H]5CC[C@]24C)[C@H](O)[C@H]31. The summed E-state index contributed by atoms with van der Waals surface area (Å²) in [7, 11) is 0. The standard InChI is InChI=1S/C46H62O5/c1-43(2,24-26-11-6-5-7-12-26)41-30-15-9-8-14-28(30)29-16-10-13-27-21-31(42(50)40(41)39(27)29)32-18-20-46(51)34-22-36(47)35-23-37(48)38(49)25-44(35,3)33(34)17-19-45(32,46)4/h5-7,11-12,22,27-28,31-33,35,37-38,40,42,48-51H,8-10,13-21,23-25H2,1-4H3/t27-,28+,31+,32-,33+,35+,37-,38+,40-,42+,44-,45-,46-/m1/s1. The first-order valence-electron chi connectivity index (χ1n) is 20.8. The van der Waals surface area contributed by atoms with Gasteiger partial charge in [-0.2, -0.15) is 0 Å². The van der Waals surface area contributed by atoms with Gasteiger partial charge in [-0.25, -0.2) is 0 Å². The van der Waals surface area contributed by atoms with Crippen LogP contribution in [0.15, 0.2) is 64.3 Å². The van der Waals surface area contributed by atoms with Gasteiger partial charge in [-0.3, -0.25) is 4.79 Å². The number of aliphatic hydroxyl groups excluding tert-OH is 3. The zero-order valence-corrected chi connectivity index (χ0v) is 31.5. The molecule has 0 saturated heterocycles. The highest BCUT2D eigenvalue weighted by atomic mass is 16.3. The number of rotatable bonds is 4. The molecule has 13 atom stereocenters. The summed E-state index contributed by atoms with van der Waals surface area (Å²) < 4.78 is 0. The van der Waals surface area contributed by atoms with Gasteiger partial charge in [-0.15, -0.1) is 0 Å². The van der Waals surface area contributed by atoms with Gasteiger partial charge in [0.25, 0.3) is 0 Å². The van der Waals surface area contributed by atoms with E-state index in [-0.39, 0.29) is 40.8 Å². The molecule has 4 N–H and O–H groups in total. The van der Waals surface area contributed by atoms with Gasteiger partial charge in [-0.05, 0) is 142 Å². The smallest absolute Gasteiger partial charge is 0.159 e. The Labute approximate surface area is 305 Å². The van der Waals surface area contributed by atoms with Crippen molar-refractivity contribution in [3.63, 3.8) is 0 Å². The Morgan fingerprint density at radius 3 is 2.39 bits per heavy atom. The molecular weight excluding hydrogens is 633 g/mol. The van der Waals surface area contributed by atoms with Gasteiger partial charge in [0.05, 0.1) is 23.9 Å². The average molecular weight is 695 g/mol. The van der Waals surface area contributed by atoms with Crippen molar-refractivity contribution in [3.8, 4) is 0 Å². The summed E-state index contributed by atoms with van der Waals surface area (Å²) in [6.45, 7) is 9.33. The van der Waals surface area contributed by atoms with E-state index in [4.69, 9.17) is 0 Å². The number of allylic oxidation sites excluding steroid dienone is 3. The highest BCUT2D eigenvalue weighted by molar-refractivity contribution is 5.95. The van der Waals surface area contributed by atoms with Crippen LogP contribution in [0.25, 0.3) is 0 Å². The fraction of sp³-hybridized carbons (Fsp3) is 0.717. The first kappa shape index (κ1) is 34.7. The molecule has 0 heterocycles. The maximum atomic E-state index is 13.8. The third-order valence-corrected chi connectivity index (χ3v) is 17.1. The van der Waals surface area contributed by atoms with Crippen LogP contribution >= 0.6 is 0 Å². The van der Waals surface area contributed by atoms with E-state index < -0.39 is 34.7 Å². The number of aliphatic hydroxyl groups is 4. The quantitative estimate of drug-likeness (QED) is 0.239. The molecule has 1 aromatic carbocycles. The Kier molecular flexibility index (Phi) is 8.15. The molecule has 5 heteroatoms. The van der Waals surface area contributed by atoms with E-state index in [1.54, 1.807) is 28.4 Å². The van der Waals surface area contributed by atoms with E-state index >= 15 is 0 Å². The van der Waals surface area contributed by atoms with Crippen molar-refractivity contribution >= 4 is 5.78 Å². The van der Waals surface area contributed by atoms with E-state index in [1.165, 1.54) is 44.1 Å². The van der Waals surface area contributed by atoms with Gasteiger partial charge in [0.1, 0.15) is 0 Å². The number of fused-ring (bicyclic) bond motifs is 7. The van der Waals surface area contributed by atoms with Crippen LogP contribution in [-0.2, 0) is 11.2 Å². The van der Waals surface area contributed by atoms with E-state index in [0.717, 1.165) is 44.1 Å². The first-order chi connectivity index (χ1) is 24.3. The van der Waals surface area contributed by atoms with Crippen molar-refractivity contribution in [1.29, 1.82) is 0 Å². The highest BCUT2D eigenvalue weighted by Crippen LogP contribution is 2.70. The second-order valence-corrected chi connectivity index (χ2v) is 19.9. The van der Waals surface area contributed by atoms with E-state index in [0.29, 0.717) is 31.1 Å². The monoisotopic (exact) mass is 694 g/mol. The number of ketones is 1. The largest absolute Gasteiger partial charge is 0.392 e. The summed E-state index contributed by atoms with van der Waals surface area (Å²) >= 11 is 0. The molecule has 0 bridgehead atoms. The molecule has 9 rings (SSSR count). The van der Waals surface area contributed by atoms with E-state index in [1.807, 2.05) is 0 Å². The molecule has 1 aromatic rings. The lowest BCUT2D eigenvalue weighted by Gasteiger charge is -2.61. The van der Waals surface area contributed by atoms with Crippen LogP contribution in [0.1, 0.15) is 123 Å². The molecule has 276 valence electrons. The van der Waals surface area contributed by atoms with Crippen LogP contribution in [0.3, 0.4) is 0 Å². The predicted molar refractivity (Wildman–Crippen MR) is 199 cm³/mol. The Morgan fingerprint density at radius 2 is 1.61 bits per heavy atom. The number of hydrogen-bond acceptors (Lipinski definition) is 5. The van der Waals surface area contributed by atoms with Gasteiger partial charge in [0.15, 0.2) is 5.78 Å². The summed E-state index contributed by atoms with van der Waals surface area (Å²) in [4.78, 5) is 13.8. The topological polar surface area (TPSA) is 98.0 Å². The van der Waals surface area contributed by atoms with Crippen LogP contribution in [0, 0.1) is 57.7 Å². The van der Waals surface area contributed by atoms with Crippen molar-refractivity contribution in [1.82, 2.24) is 0 Å². The molecule has 5 nitrogen and oxygen atoms in total. The van der Waals surface area contributed by atoms with Gasteiger partial charge >= 0.3 is 0 Å². The third kappa shape index (κ3) is 4.89. The normalized spacial score (nSPS) is 46.4. The first-order valence-corrected chi connectivity index (χ1v) is 20.8. The molecule has 5 fully saturated rings. The average Bonchev–Trinajstić information content (AvgIpc) is 3.38. The number of hydrogen-bond donors (Lipinski definition) is 4. The molecule has 0 unspecified atom stereocenters. The van der Waals surface area contributed by atoms with Gasteiger partial charge in [0.2, 0.25) is 0 Å². The molecule has 0 aromatic heterocycles. The summed E-state index contributed by atoms with van der Waals surface area (Å²) in [6, 6.07) is 10.9. The second-order valence-electron chi connectivity index (χ2n) is 19.9. The molecular formula is C46H62O5. The lowest BCUT2D eigenvalue weighted by atomic mass is 9.44. The molecule has 8 aliphatic carbocycles. The molecule has 0 aliphatic heterocycles. The number of carbonyl (C=O) groups excluding carboxylic acids is 1. The van der Waals surface area contributed by atoms with Gasteiger partial charge in [0, 0.05) is 23.2 Å². The lowest BCUT2D eigenvalue weighted by molar-refractivity contribution is -0.156. The molecule has 0 spiro atoms. The minimum atomic E-state index is -1.10. The third-order valence-electron chi connectivity index (χ3n) is 17.1. The molecule has 51 heavy (non-hydrogen) atoms. The van der Waals surface area contributed by atoms with Crippen LogP contribution in [0.2, 0.25) is 0 Å². The van der Waals surface area contributed by atoms with Crippen LogP contribution in [0.4, 0.5) is 0 Å². The van der Waals surface area contributed by atoms with Crippen molar-refractivity contribution in [2.45, 2.75) is 148 Å². The van der Waals surface area contributed by atoms with Crippen molar-refractivity contribution in [3.05, 3.63) is 69.8 Å². The second kappa shape index (κ2) is 12.0. The fourth-order valence-electron chi connectivity index (χ4n) is 14.9. The van der Waals surface area contributed by atoms with E-state index in [9.17, 15) is 25.2 Å². The van der Waals surface area contributed by atoms with Gasteiger partial charge < -0.3 is 20.4 Å². The minimum Gasteiger partial charge on any atom is -0.392 e. The molecule has 8 aliphatic rings. The Balaban J connectivity index is 1.10. The van der Waals surface area contributed by atoms with Crippen LogP contribution in [0.5, 0.6) is 0 Å². The van der Waals surface area contributed by atoms with Crippen LogP contribution in [-0.4, -0.2) is 50.1 Å². The summed E-state index contributed by atoms with van der Waals surface area (Å²) in [5.74, 6) is 1.09. The summed E-state index contributed by atoms with van der Waals surface area (Å²) in [5.41, 5.74) is 6.69. The fourth-order valence-corrected chi connectivity index (χ4v) is 14.9. The number of carbonyl (C=O) groups is 1. The Morgan fingerprint density at radius 1 is 0.843 bits per heavy atom. The predicted octanol–water partition coefficient (Wildman–Crippen LogP) is 8.05. The zero-order valence-electron chi connectivity index (χ0n) is 31.5. The van der Waals surface area contributed by atoms with Crippen molar-refractivity contribution in [2.24, 2.45) is 57.7 Å². The maximum absolute atomic E-state index is 13.8. The maximum Gasteiger partial charge on any atom is 0.159 e. The van der Waals surface area contributed by atoms with E-state index in [2.05, 4.69) is 58.0 Å². The lowest BCUT2D eigenvalue weighted by Crippen LogP contribution is -2.61. The van der Waals surface area contributed by atoms with Gasteiger partial charge in [-0.1, -0.05) is 86.7 Å². The minimum absolute atomic E-state index is 0.0131. The molecule has 0 amide bonds. The molecule has 5 saturated carbocycles. The number of benzene rings is 1. The van der Waals surface area contributed by atoms with Crippen molar-refractivity contribution < 1.29 is 25.2 Å². The zero-order chi connectivity index (χ0) is 35.7.